The molecule has 2 rings (SSSR count). The molecule has 0 aliphatic carbocycles. The summed E-state index contributed by atoms with van der Waals surface area (Å²) in [4.78, 5) is 27.8. The number of carbonyl (C=O) groups is 1. The summed E-state index contributed by atoms with van der Waals surface area (Å²) in [6, 6.07) is 1.76. The van der Waals surface area contributed by atoms with Gasteiger partial charge in [-0.25, -0.2) is 4.98 Å². The number of thiophene rings is 1. The van der Waals surface area contributed by atoms with Crippen LogP contribution in [0.15, 0.2) is 21.4 Å². The van der Waals surface area contributed by atoms with Gasteiger partial charge in [-0.1, -0.05) is 25.6 Å². The molecule has 0 fully saturated rings. The Hall–Kier alpha value is -1.34. The highest BCUT2D eigenvalue weighted by molar-refractivity contribution is 7.99. The van der Waals surface area contributed by atoms with Crippen molar-refractivity contribution >= 4 is 39.3 Å². The highest BCUT2D eigenvalue weighted by atomic mass is 32.2. The Bertz CT molecular complexity index is 690. The number of rotatable bonds is 5. The molecule has 108 valence electrons. The van der Waals surface area contributed by atoms with Crippen molar-refractivity contribution < 1.29 is 9.90 Å². The minimum absolute atomic E-state index is 0.0298. The predicted molar refractivity (Wildman–Crippen MR) is 81.8 cm³/mol. The standard InChI is InChI=1S/C13H16N2O3S2/c1-7(2)8(3)15-12(18)11-9(4-5-19-11)14-13(15)20-6-10(16)17/h4-5,7-8H,6H2,1-3H3,(H,16,17). The van der Waals surface area contributed by atoms with E-state index in [0.717, 1.165) is 11.8 Å². The lowest BCUT2D eigenvalue weighted by molar-refractivity contribution is -0.133. The molecule has 1 atom stereocenters. The van der Waals surface area contributed by atoms with Gasteiger partial charge in [0.1, 0.15) is 4.70 Å². The molecule has 0 saturated carbocycles. The second-order valence-electron chi connectivity index (χ2n) is 4.87. The van der Waals surface area contributed by atoms with Crippen LogP contribution in [0.3, 0.4) is 0 Å². The normalized spacial score (nSPS) is 13.0. The van der Waals surface area contributed by atoms with Crippen LogP contribution in [0.4, 0.5) is 0 Å². The van der Waals surface area contributed by atoms with E-state index < -0.39 is 5.97 Å². The van der Waals surface area contributed by atoms with Crippen LogP contribution in [0.25, 0.3) is 10.2 Å². The fraction of sp³-hybridized carbons (Fsp3) is 0.462. The summed E-state index contributed by atoms with van der Waals surface area (Å²) in [6.45, 7) is 6.01. The van der Waals surface area contributed by atoms with Crippen molar-refractivity contribution in [2.24, 2.45) is 5.92 Å². The molecule has 7 heteroatoms. The molecule has 1 unspecified atom stereocenters. The zero-order valence-electron chi connectivity index (χ0n) is 11.5. The van der Waals surface area contributed by atoms with Crippen LogP contribution in [0.1, 0.15) is 26.8 Å². The Labute approximate surface area is 124 Å². The van der Waals surface area contributed by atoms with Gasteiger partial charge in [-0.15, -0.1) is 11.3 Å². The first-order valence-electron chi connectivity index (χ1n) is 6.26. The van der Waals surface area contributed by atoms with Gasteiger partial charge in [-0.05, 0) is 24.3 Å². The Morgan fingerprint density at radius 1 is 1.50 bits per heavy atom. The first-order valence-corrected chi connectivity index (χ1v) is 8.12. The van der Waals surface area contributed by atoms with E-state index >= 15 is 0 Å². The fourth-order valence-electron chi connectivity index (χ4n) is 1.79. The van der Waals surface area contributed by atoms with E-state index in [9.17, 15) is 9.59 Å². The van der Waals surface area contributed by atoms with Gasteiger partial charge < -0.3 is 5.11 Å². The van der Waals surface area contributed by atoms with Crippen molar-refractivity contribution in [3.8, 4) is 0 Å². The van der Waals surface area contributed by atoms with Gasteiger partial charge in [0.05, 0.1) is 11.3 Å². The maximum Gasteiger partial charge on any atom is 0.313 e. The number of hydrogen-bond donors (Lipinski definition) is 1. The van der Waals surface area contributed by atoms with Crippen molar-refractivity contribution in [3.05, 3.63) is 21.8 Å². The first-order chi connectivity index (χ1) is 9.41. The third-order valence-corrected chi connectivity index (χ3v) is 5.01. The van der Waals surface area contributed by atoms with Gasteiger partial charge in [-0.3, -0.25) is 14.2 Å². The summed E-state index contributed by atoms with van der Waals surface area (Å²) < 4.78 is 2.24. The van der Waals surface area contributed by atoms with Crippen LogP contribution in [-0.2, 0) is 4.79 Å². The Balaban J connectivity index is 2.59. The average molecular weight is 312 g/mol. The Morgan fingerprint density at radius 2 is 2.20 bits per heavy atom. The third kappa shape index (κ3) is 2.88. The zero-order valence-corrected chi connectivity index (χ0v) is 13.1. The van der Waals surface area contributed by atoms with Crippen LogP contribution in [0.2, 0.25) is 0 Å². The number of carboxylic acid groups (broad SMARTS) is 1. The maximum absolute atomic E-state index is 12.6. The molecule has 0 amide bonds. The van der Waals surface area contributed by atoms with Gasteiger partial charge in [0.25, 0.3) is 5.56 Å². The monoisotopic (exact) mass is 312 g/mol. The van der Waals surface area contributed by atoms with E-state index in [2.05, 4.69) is 4.98 Å². The molecular formula is C13H16N2O3S2. The number of carboxylic acids is 1. The van der Waals surface area contributed by atoms with Crippen LogP contribution in [0, 0.1) is 5.92 Å². The van der Waals surface area contributed by atoms with E-state index in [0.29, 0.717) is 15.4 Å². The molecule has 0 aromatic carbocycles. The number of aliphatic carboxylic acids is 1. The summed E-state index contributed by atoms with van der Waals surface area (Å²) in [5.41, 5.74) is 0.555. The number of nitrogens with zero attached hydrogens (tertiary/aromatic N) is 2. The molecule has 0 aliphatic heterocycles. The summed E-state index contributed by atoms with van der Waals surface area (Å²) in [5, 5.41) is 11.1. The first kappa shape index (κ1) is 15.1. The summed E-state index contributed by atoms with van der Waals surface area (Å²) in [7, 11) is 0. The third-order valence-electron chi connectivity index (χ3n) is 3.18. The van der Waals surface area contributed by atoms with Crippen molar-refractivity contribution in [1.82, 2.24) is 9.55 Å². The van der Waals surface area contributed by atoms with Crippen molar-refractivity contribution in [2.75, 3.05) is 5.75 Å². The zero-order chi connectivity index (χ0) is 14.9. The smallest absolute Gasteiger partial charge is 0.313 e. The van der Waals surface area contributed by atoms with Crippen LogP contribution in [0.5, 0.6) is 0 Å². The quantitative estimate of drug-likeness (QED) is 0.679. The Kier molecular flexibility index (Phi) is 4.49. The number of fused-ring (bicyclic) bond motifs is 1. The lowest BCUT2D eigenvalue weighted by atomic mass is 10.1. The molecule has 5 nitrogen and oxygen atoms in total. The van der Waals surface area contributed by atoms with Crippen LogP contribution in [-0.4, -0.2) is 26.4 Å². The maximum atomic E-state index is 12.6. The number of hydrogen-bond acceptors (Lipinski definition) is 5. The van der Waals surface area contributed by atoms with E-state index in [1.807, 2.05) is 26.2 Å². The molecule has 2 aromatic rings. The molecule has 0 bridgehead atoms. The van der Waals surface area contributed by atoms with Gasteiger partial charge in [0.2, 0.25) is 0 Å². The molecule has 1 N–H and O–H groups in total. The predicted octanol–water partition coefficient (Wildman–Crippen LogP) is 2.85. The molecule has 0 saturated heterocycles. The van der Waals surface area contributed by atoms with Gasteiger partial charge in [0.15, 0.2) is 5.16 Å². The molecule has 2 aromatic heterocycles. The molecule has 2 heterocycles. The minimum Gasteiger partial charge on any atom is -0.481 e. The minimum atomic E-state index is -0.918. The van der Waals surface area contributed by atoms with Crippen LogP contribution >= 0.6 is 23.1 Å². The molecule has 20 heavy (non-hydrogen) atoms. The molecule has 0 spiro atoms. The van der Waals surface area contributed by atoms with E-state index in [4.69, 9.17) is 5.11 Å². The SMILES string of the molecule is CC(C)C(C)n1c(SCC(=O)O)nc2ccsc2c1=O. The highest BCUT2D eigenvalue weighted by Crippen LogP contribution is 2.26. The number of thioether (sulfide) groups is 1. The summed E-state index contributed by atoms with van der Waals surface area (Å²) >= 11 is 2.46. The second kappa shape index (κ2) is 5.97. The molecule has 0 radical (unpaired) electrons. The van der Waals surface area contributed by atoms with E-state index in [-0.39, 0.29) is 23.3 Å². The lowest BCUT2D eigenvalue weighted by Gasteiger charge is -2.21. The lowest BCUT2D eigenvalue weighted by Crippen LogP contribution is -2.28. The second-order valence-corrected chi connectivity index (χ2v) is 6.73. The average Bonchev–Trinajstić information content (AvgIpc) is 2.84. The van der Waals surface area contributed by atoms with Crippen molar-refractivity contribution in [3.63, 3.8) is 0 Å². The van der Waals surface area contributed by atoms with Gasteiger partial charge in [0, 0.05) is 6.04 Å². The van der Waals surface area contributed by atoms with Gasteiger partial charge >= 0.3 is 5.97 Å². The fourth-order valence-corrected chi connectivity index (χ4v) is 3.36. The number of aromatic nitrogens is 2. The molecule has 0 aliphatic rings. The Morgan fingerprint density at radius 3 is 2.80 bits per heavy atom. The van der Waals surface area contributed by atoms with E-state index in [1.165, 1.54) is 11.3 Å². The van der Waals surface area contributed by atoms with E-state index in [1.54, 1.807) is 10.6 Å². The largest absolute Gasteiger partial charge is 0.481 e. The molecular weight excluding hydrogens is 296 g/mol. The van der Waals surface area contributed by atoms with Gasteiger partial charge in [-0.2, -0.15) is 0 Å². The highest BCUT2D eigenvalue weighted by Gasteiger charge is 2.20. The summed E-state index contributed by atoms with van der Waals surface area (Å²) in [6.07, 6.45) is 0. The summed E-state index contributed by atoms with van der Waals surface area (Å²) in [5.74, 6) is -0.762. The van der Waals surface area contributed by atoms with Crippen molar-refractivity contribution in [1.29, 1.82) is 0 Å². The van der Waals surface area contributed by atoms with Crippen molar-refractivity contribution in [2.45, 2.75) is 32.0 Å². The van der Waals surface area contributed by atoms with Crippen LogP contribution < -0.4 is 5.56 Å². The topological polar surface area (TPSA) is 72.2 Å².